The molecule has 2 rings (SSSR count). The fraction of sp³-hybridized carbons (Fsp3) is 0.417. The van der Waals surface area contributed by atoms with E-state index in [2.05, 4.69) is 5.32 Å². The quantitative estimate of drug-likeness (QED) is 0.648. The molecule has 0 saturated carbocycles. The van der Waals surface area contributed by atoms with Gasteiger partial charge in [0, 0.05) is 19.0 Å². The largest absolute Gasteiger partial charge is 0.493 e. The van der Waals surface area contributed by atoms with Crippen molar-refractivity contribution < 1.29 is 19.1 Å². The third kappa shape index (κ3) is 6.51. The second kappa shape index (κ2) is 11.2. The fourth-order valence-electron chi connectivity index (χ4n) is 3.20. The minimum absolute atomic E-state index is 0.0143. The lowest BCUT2D eigenvalue weighted by molar-refractivity contribution is -0.140. The molecule has 0 aliphatic rings. The maximum Gasteiger partial charge on any atom is 0.242 e. The molecule has 0 aliphatic heterocycles. The van der Waals surface area contributed by atoms with Crippen LogP contribution >= 0.6 is 0 Å². The van der Waals surface area contributed by atoms with E-state index in [1.165, 1.54) is 0 Å². The van der Waals surface area contributed by atoms with E-state index in [1.54, 1.807) is 26.0 Å². The standard InChI is InChI=1S/C24H32N2O4/c1-17(2)25-24(28)18(3)26(16-20-9-7-6-8-10-20)23(27)14-12-19-11-13-21(29-4)22(15-19)30-5/h6-11,13,15,17-18H,12,14,16H2,1-5H3,(H,25,28)/t18-/m0/s1. The van der Waals surface area contributed by atoms with E-state index in [0.29, 0.717) is 30.9 Å². The van der Waals surface area contributed by atoms with Crippen LogP contribution in [-0.4, -0.2) is 43.0 Å². The molecule has 1 atom stereocenters. The van der Waals surface area contributed by atoms with Crippen molar-refractivity contribution in [1.82, 2.24) is 10.2 Å². The van der Waals surface area contributed by atoms with Gasteiger partial charge < -0.3 is 19.7 Å². The second-order valence-electron chi connectivity index (χ2n) is 7.54. The summed E-state index contributed by atoms with van der Waals surface area (Å²) in [6, 6.07) is 14.8. The van der Waals surface area contributed by atoms with Crippen molar-refractivity contribution in [3.05, 3.63) is 59.7 Å². The Balaban J connectivity index is 2.14. The average Bonchev–Trinajstić information content (AvgIpc) is 2.75. The van der Waals surface area contributed by atoms with Crippen LogP contribution in [0, 0.1) is 0 Å². The Morgan fingerprint density at radius 3 is 2.20 bits per heavy atom. The maximum atomic E-state index is 13.1. The molecule has 2 aromatic rings. The van der Waals surface area contributed by atoms with E-state index in [1.807, 2.05) is 62.4 Å². The highest BCUT2D eigenvalue weighted by Gasteiger charge is 2.26. The number of nitrogens with zero attached hydrogens (tertiary/aromatic N) is 1. The molecule has 0 radical (unpaired) electrons. The first-order chi connectivity index (χ1) is 14.3. The zero-order chi connectivity index (χ0) is 22.1. The molecule has 0 unspecified atom stereocenters. The normalized spacial score (nSPS) is 11.7. The zero-order valence-corrected chi connectivity index (χ0v) is 18.5. The number of nitrogens with one attached hydrogen (secondary N) is 1. The van der Waals surface area contributed by atoms with E-state index in [9.17, 15) is 9.59 Å². The van der Waals surface area contributed by atoms with E-state index >= 15 is 0 Å². The molecule has 1 N–H and O–H groups in total. The minimum Gasteiger partial charge on any atom is -0.493 e. The molecular weight excluding hydrogens is 380 g/mol. The Kier molecular flexibility index (Phi) is 8.71. The zero-order valence-electron chi connectivity index (χ0n) is 18.5. The summed E-state index contributed by atoms with van der Waals surface area (Å²) in [5, 5.41) is 2.90. The summed E-state index contributed by atoms with van der Waals surface area (Å²) < 4.78 is 10.6. The number of hydrogen-bond donors (Lipinski definition) is 1. The highest BCUT2D eigenvalue weighted by atomic mass is 16.5. The lowest BCUT2D eigenvalue weighted by Crippen LogP contribution is -2.49. The van der Waals surface area contributed by atoms with Gasteiger partial charge in [-0.3, -0.25) is 9.59 Å². The Hall–Kier alpha value is -3.02. The molecule has 0 fully saturated rings. The molecule has 2 aromatic carbocycles. The van der Waals surface area contributed by atoms with Gasteiger partial charge in [0.1, 0.15) is 6.04 Å². The van der Waals surface area contributed by atoms with Crippen LogP contribution in [0.25, 0.3) is 0 Å². The molecule has 30 heavy (non-hydrogen) atoms. The lowest BCUT2D eigenvalue weighted by atomic mass is 10.1. The van der Waals surface area contributed by atoms with Crippen molar-refractivity contribution in [2.75, 3.05) is 14.2 Å². The number of carbonyl (C=O) groups excluding carboxylic acids is 2. The first kappa shape index (κ1) is 23.3. The summed E-state index contributed by atoms with van der Waals surface area (Å²) >= 11 is 0. The van der Waals surface area contributed by atoms with Crippen LogP contribution in [0.2, 0.25) is 0 Å². The monoisotopic (exact) mass is 412 g/mol. The van der Waals surface area contributed by atoms with Gasteiger partial charge in [0.25, 0.3) is 0 Å². The van der Waals surface area contributed by atoms with Gasteiger partial charge in [-0.05, 0) is 50.5 Å². The van der Waals surface area contributed by atoms with Crippen molar-refractivity contribution in [3.8, 4) is 11.5 Å². The van der Waals surface area contributed by atoms with Crippen molar-refractivity contribution in [3.63, 3.8) is 0 Å². The van der Waals surface area contributed by atoms with Crippen molar-refractivity contribution in [2.24, 2.45) is 0 Å². The summed E-state index contributed by atoms with van der Waals surface area (Å²) in [6.07, 6.45) is 0.838. The Morgan fingerprint density at radius 1 is 0.933 bits per heavy atom. The predicted molar refractivity (Wildman–Crippen MR) is 118 cm³/mol. The Morgan fingerprint density at radius 2 is 1.60 bits per heavy atom. The fourth-order valence-corrected chi connectivity index (χ4v) is 3.20. The minimum atomic E-state index is -0.564. The van der Waals surface area contributed by atoms with E-state index in [4.69, 9.17) is 9.47 Å². The first-order valence-corrected chi connectivity index (χ1v) is 10.2. The van der Waals surface area contributed by atoms with Crippen LogP contribution in [0.3, 0.4) is 0 Å². The lowest BCUT2D eigenvalue weighted by Gasteiger charge is -2.29. The van der Waals surface area contributed by atoms with Crippen molar-refractivity contribution in [1.29, 1.82) is 0 Å². The number of methoxy groups -OCH3 is 2. The van der Waals surface area contributed by atoms with Gasteiger partial charge in [-0.1, -0.05) is 36.4 Å². The van der Waals surface area contributed by atoms with Gasteiger partial charge in [-0.15, -0.1) is 0 Å². The molecule has 0 bridgehead atoms. The van der Waals surface area contributed by atoms with Gasteiger partial charge in [0.05, 0.1) is 14.2 Å². The summed E-state index contributed by atoms with van der Waals surface area (Å²) in [6.45, 7) is 5.98. The SMILES string of the molecule is COc1ccc(CCC(=O)N(Cc2ccccc2)[C@@H](C)C(=O)NC(C)C)cc1OC. The van der Waals surface area contributed by atoms with E-state index < -0.39 is 6.04 Å². The number of hydrogen-bond acceptors (Lipinski definition) is 4. The van der Waals surface area contributed by atoms with Gasteiger partial charge in [0.15, 0.2) is 11.5 Å². The summed E-state index contributed by atoms with van der Waals surface area (Å²) in [5.41, 5.74) is 1.96. The van der Waals surface area contributed by atoms with Crippen LogP contribution in [0.15, 0.2) is 48.5 Å². The molecule has 6 heteroatoms. The summed E-state index contributed by atoms with van der Waals surface area (Å²) in [4.78, 5) is 27.3. The average molecular weight is 413 g/mol. The molecular formula is C24H32N2O4. The molecule has 6 nitrogen and oxygen atoms in total. The van der Waals surface area contributed by atoms with E-state index in [-0.39, 0.29) is 17.9 Å². The highest BCUT2D eigenvalue weighted by molar-refractivity contribution is 5.87. The Bertz CT molecular complexity index is 836. The Labute approximate surface area is 179 Å². The molecule has 0 saturated heterocycles. The topological polar surface area (TPSA) is 67.9 Å². The summed E-state index contributed by atoms with van der Waals surface area (Å²) in [5.74, 6) is 1.06. The van der Waals surface area contributed by atoms with Crippen LogP contribution < -0.4 is 14.8 Å². The number of rotatable bonds is 10. The van der Waals surface area contributed by atoms with Gasteiger partial charge in [0.2, 0.25) is 11.8 Å². The van der Waals surface area contributed by atoms with Crippen molar-refractivity contribution >= 4 is 11.8 Å². The van der Waals surface area contributed by atoms with E-state index in [0.717, 1.165) is 11.1 Å². The van der Waals surface area contributed by atoms with Crippen LogP contribution in [0.5, 0.6) is 11.5 Å². The summed E-state index contributed by atoms with van der Waals surface area (Å²) in [7, 11) is 3.18. The third-order valence-corrected chi connectivity index (χ3v) is 4.87. The second-order valence-corrected chi connectivity index (χ2v) is 7.54. The number of amides is 2. The predicted octanol–water partition coefficient (Wildman–Crippen LogP) is 3.58. The smallest absolute Gasteiger partial charge is 0.242 e. The maximum absolute atomic E-state index is 13.1. The molecule has 0 spiro atoms. The van der Waals surface area contributed by atoms with Gasteiger partial charge in [-0.2, -0.15) is 0 Å². The van der Waals surface area contributed by atoms with Crippen LogP contribution in [-0.2, 0) is 22.6 Å². The van der Waals surface area contributed by atoms with Crippen LogP contribution in [0.1, 0.15) is 38.3 Å². The molecule has 0 aromatic heterocycles. The number of benzene rings is 2. The van der Waals surface area contributed by atoms with Gasteiger partial charge >= 0.3 is 0 Å². The number of aryl methyl sites for hydroxylation is 1. The first-order valence-electron chi connectivity index (χ1n) is 10.2. The molecule has 162 valence electrons. The molecule has 0 aliphatic carbocycles. The highest BCUT2D eigenvalue weighted by Crippen LogP contribution is 2.28. The van der Waals surface area contributed by atoms with Gasteiger partial charge in [-0.25, -0.2) is 0 Å². The number of carbonyl (C=O) groups is 2. The molecule has 0 heterocycles. The third-order valence-electron chi connectivity index (χ3n) is 4.87. The van der Waals surface area contributed by atoms with Crippen LogP contribution in [0.4, 0.5) is 0 Å². The van der Waals surface area contributed by atoms with Crippen molar-refractivity contribution in [2.45, 2.75) is 52.2 Å². The molecule has 2 amide bonds. The number of ether oxygens (including phenoxy) is 2.